The molecule has 1 heteroatoms. The Hall–Kier alpha value is 0.272. The molecule has 0 saturated carbocycles. The summed E-state index contributed by atoms with van der Waals surface area (Å²) in [5.74, 6) is 0. The fourth-order valence-corrected chi connectivity index (χ4v) is 1.75. The van der Waals surface area contributed by atoms with E-state index in [0.717, 1.165) is 0 Å². The molecule has 0 heterocycles. The topological polar surface area (TPSA) is 0 Å². The molecule has 0 bridgehead atoms. The highest BCUT2D eigenvalue weighted by Crippen LogP contribution is 2.07. The summed E-state index contributed by atoms with van der Waals surface area (Å²) in [7, 11) is 0. The van der Waals surface area contributed by atoms with Crippen LogP contribution in [0, 0.1) is 0 Å². The lowest BCUT2D eigenvalue weighted by atomic mass is 10.1. The monoisotopic (exact) mass is 168 g/mol. The molecule has 64 valence electrons. The maximum absolute atomic E-state index is 3.71. The van der Waals surface area contributed by atoms with E-state index >= 15 is 0 Å². The largest absolute Gasteiger partial charge is 0.211 e. The molecule has 0 fully saturated rings. The Morgan fingerprint density at radius 3 is 2.00 bits per heavy atom. The first-order chi connectivity index (χ1) is 5.41. The zero-order chi connectivity index (χ0) is 8.36. The van der Waals surface area contributed by atoms with Crippen LogP contribution in [-0.2, 0) is 0 Å². The Bertz CT molecular complexity index is 78.9. The van der Waals surface area contributed by atoms with E-state index in [0.29, 0.717) is 0 Å². The van der Waals surface area contributed by atoms with Crippen LogP contribution in [0.4, 0.5) is 0 Å². The van der Waals surface area contributed by atoms with Crippen LogP contribution in [0.3, 0.4) is 0 Å². The molecular weight excluding hydrogens is 147 g/mol. The minimum atomic E-state index is 1.21. The van der Waals surface area contributed by atoms with E-state index in [1.165, 1.54) is 66.5 Å². The van der Waals surface area contributed by atoms with E-state index in [4.69, 9.17) is 0 Å². The van der Waals surface area contributed by atoms with Gasteiger partial charge >= 0.3 is 0 Å². The van der Waals surface area contributed by atoms with E-state index in [9.17, 15) is 0 Å². The summed E-state index contributed by atoms with van der Waals surface area (Å²) >= 11 is 1.40. The first kappa shape index (κ1) is 11.3. The van der Waals surface area contributed by atoms with Crippen LogP contribution in [0.25, 0.3) is 0 Å². The Morgan fingerprint density at radius 1 is 0.909 bits per heavy atom. The number of allylic oxidation sites excluding steroid dienone is 1. The van der Waals surface area contributed by atoms with Crippen LogP contribution in [0.1, 0.15) is 44.9 Å². The molecule has 0 spiro atoms. The maximum Gasteiger partial charge on any atom is 0.211 e. The fourth-order valence-electron chi connectivity index (χ4n) is 1.25. The molecule has 0 aliphatic carbocycles. The molecule has 0 aliphatic rings. The van der Waals surface area contributed by atoms with Crippen molar-refractivity contribution in [2.75, 3.05) is 0 Å². The highest BCUT2D eigenvalue weighted by Gasteiger charge is 1.88. The van der Waals surface area contributed by atoms with Gasteiger partial charge in [0, 0.05) is 0 Å². The smallest absolute Gasteiger partial charge is 0.103 e. The quantitative estimate of drug-likeness (QED) is 0.297. The number of hydrogen-bond donors (Lipinski definition) is 0. The maximum atomic E-state index is 3.71. The zero-order valence-electron chi connectivity index (χ0n) is 7.94. The van der Waals surface area contributed by atoms with Gasteiger partial charge in [0.1, 0.15) is 0 Å². The summed E-state index contributed by atoms with van der Waals surface area (Å²) in [6, 6.07) is 0. The third-order valence-electron chi connectivity index (χ3n) is 2.01. The molecule has 0 aromatic heterocycles. The first-order valence-electron chi connectivity index (χ1n) is 5.02. The summed E-state index contributed by atoms with van der Waals surface area (Å²) in [5, 5.41) is 1.49. The van der Waals surface area contributed by atoms with Gasteiger partial charge in [-0.2, -0.15) is 0 Å². The molecule has 0 rings (SSSR count). The molecule has 0 aliphatic heterocycles. The molecular formula is C10H21Al. The van der Waals surface area contributed by atoms with E-state index in [-0.39, 0.29) is 0 Å². The molecule has 0 aromatic rings. The minimum Gasteiger partial charge on any atom is -0.103 e. The van der Waals surface area contributed by atoms with Gasteiger partial charge in [0.2, 0.25) is 16.3 Å². The Morgan fingerprint density at radius 2 is 1.45 bits per heavy atom. The second-order valence-electron chi connectivity index (χ2n) is 3.20. The van der Waals surface area contributed by atoms with Gasteiger partial charge in [-0.25, -0.2) is 0 Å². The van der Waals surface area contributed by atoms with Crippen LogP contribution >= 0.6 is 0 Å². The van der Waals surface area contributed by atoms with Gasteiger partial charge in [-0.05, 0) is 12.8 Å². The Kier molecular flexibility index (Phi) is 10.5. The van der Waals surface area contributed by atoms with E-state index < -0.39 is 0 Å². The van der Waals surface area contributed by atoms with Crippen LogP contribution in [0.2, 0.25) is 5.28 Å². The second-order valence-corrected chi connectivity index (χ2v) is 4.20. The normalized spacial score (nSPS) is 9.82. The van der Waals surface area contributed by atoms with Crippen molar-refractivity contribution in [2.45, 2.75) is 50.2 Å². The predicted octanol–water partition coefficient (Wildman–Crippen LogP) is 2.95. The number of hydrogen-bond acceptors (Lipinski definition) is 0. The predicted molar refractivity (Wildman–Crippen MR) is 55.9 cm³/mol. The average molecular weight is 168 g/mol. The molecule has 0 nitrogen and oxygen atoms in total. The molecule has 0 amide bonds. The van der Waals surface area contributed by atoms with Gasteiger partial charge in [0.05, 0.1) is 0 Å². The Labute approximate surface area is 79.5 Å². The number of unbranched alkanes of at least 4 members (excludes halogenated alkanes) is 6. The number of rotatable bonds is 8. The lowest BCUT2D eigenvalue weighted by molar-refractivity contribution is 0.611. The van der Waals surface area contributed by atoms with E-state index in [1.54, 1.807) is 0 Å². The molecule has 0 aromatic carbocycles. The van der Waals surface area contributed by atoms with Crippen molar-refractivity contribution in [1.82, 2.24) is 0 Å². The average Bonchev–Trinajstić information content (AvgIpc) is 2.03. The molecule has 0 radical (unpaired) electrons. The van der Waals surface area contributed by atoms with Crippen LogP contribution < -0.4 is 0 Å². The third-order valence-corrected chi connectivity index (χ3v) is 2.72. The second kappa shape index (κ2) is 10.3. The van der Waals surface area contributed by atoms with Gasteiger partial charge in [-0.3, -0.25) is 0 Å². The van der Waals surface area contributed by atoms with Crippen LogP contribution in [-0.4, -0.2) is 16.3 Å². The molecule has 11 heavy (non-hydrogen) atoms. The van der Waals surface area contributed by atoms with Crippen molar-refractivity contribution in [3.8, 4) is 0 Å². The van der Waals surface area contributed by atoms with E-state index in [2.05, 4.69) is 6.58 Å². The lowest BCUT2D eigenvalue weighted by Crippen LogP contribution is -1.79. The summed E-state index contributed by atoms with van der Waals surface area (Å²) < 4.78 is 0. The minimum absolute atomic E-state index is 1.21. The van der Waals surface area contributed by atoms with Gasteiger partial charge in [-0.15, -0.1) is 11.9 Å². The SMILES string of the molecule is C=CCCCCCCC[CH2][AlH2]. The molecule has 0 N–H and O–H groups in total. The van der Waals surface area contributed by atoms with Crippen LogP contribution in [0.15, 0.2) is 12.7 Å². The summed E-state index contributed by atoms with van der Waals surface area (Å²) in [4.78, 5) is 0. The van der Waals surface area contributed by atoms with Crippen molar-refractivity contribution < 1.29 is 0 Å². The van der Waals surface area contributed by atoms with Gasteiger partial charge in [0.15, 0.2) is 0 Å². The highest BCUT2D eigenvalue weighted by atomic mass is 27.0. The Balaban J connectivity index is 2.74. The molecule has 0 saturated heterocycles. The lowest BCUT2D eigenvalue weighted by Gasteiger charge is -1.98. The van der Waals surface area contributed by atoms with Gasteiger partial charge < -0.3 is 0 Å². The zero-order valence-corrected chi connectivity index (χ0v) is 9.94. The molecule has 0 unspecified atom stereocenters. The van der Waals surface area contributed by atoms with Crippen LogP contribution in [0.5, 0.6) is 0 Å². The summed E-state index contributed by atoms with van der Waals surface area (Å²) in [5.41, 5.74) is 0. The third kappa shape index (κ3) is 10.3. The summed E-state index contributed by atoms with van der Waals surface area (Å²) in [6.07, 6.45) is 11.8. The van der Waals surface area contributed by atoms with Crippen molar-refractivity contribution in [3.63, 3.8) is 0 Å². The summed E-state index contributed by atoms with van der Waals surface area (Å²) in [6.45, 7) is 3.71. The molecule has 0 atom stereocenters. The van der Waals surface area contributed by atoms with Gasteiger partial charge in [-0.1, -0.05) is 38.2 Å². The van der Waals surface area contributed by atoms with Crippen molar-refractivity contribution in [1.29, 1.82) is 0 Å². The van der Waals surface area contributed by atoms with Crippen molar-refractivity contribution in [2.24, 2.45) is 0 Å². The van der Waals surface area contributed by atoms with Crippen molar-refractivity contribution in [3.05, 3.63) is 12.7 Å². The fraction of sp³-hybridized carbons (Fsp3) is 0.800. The van der Waals surface area contributed by atoms with Gasteiger partial charge in [0.25, 0.3) is 0 Å². The standard InChI is InChI=1S/C10H19.Al.2H/c1-3-5-7-9-10-8-6-4-2;;;/h3H,1-2,4-10H2;;;. The highest BCUT2D eigenvalue weighted by molar-refractivity contribution is 6.08. The van der Waals surface area contributed by atoms with Crippen molar-refractivity contribution >= 4 is 16.3 Å². The van der Waals surface area contributed by atoms with E-state index in [1.807, 2.05) is 6.08 Å². The first-order valence-corrected chi connectivity index (χ1v) is 6.44.